The highest BCUT2D eigenvalue weighted by atomic mass is 35.5. The van der Waals surface area contributed by atoms with Crippen molar-refractivity contribution in [3.63, 3.8) is 0 Å². The fourth-order valence-corrected chi connectivity index (χ4v) is 2.37. The van der Waals surface area contributed by atoms with Crippen molar-refractivity contribution in [1.82, 2.24) is 4.98 Å². The van der Waals surface area contributed by atoms with E-state index in [9.17, 15) is 9.18 Å². The largest absolute Gasteiger partial charge is 0.310 e. The lowest BCUT2D eigenvalue weighted by atomic mass is 10.1. The number of aromatic nitrogens is 1. The maximum atomic E-state index is 13.1. The van der Waals surface area contributed by atoms with Crippen LogP contribution in [0.25, 0.3) is 0 Å². The van der Waals surface area contributed by atoms with Gasteiger partial charge in [0.25, 0.3) is 0 Å². The Morgan fingerprint density at radius 1 is 1.35 bits per heavy atom. The molecule has 1 saturated carbocycles. The van der Waals surface area contributed by atoms with Gasteiger partial charge in [-0.25, -0.2) is 9.37 Å². The highest BCUT2D eigenvalue weighted by Crippen LogP contribution is 2.48. The minimum atomic E-state index is -0.270. The normalized spacial score (nSPS) is 20.5. The van der Waals surface area contributed by atoms with Gasteiger partial charge < -0.3 is 5.32 Å². The van der Waals surface area contributed by atoms with Crippen LogP contribution >= 0.6 is 11.6 Å². The third-order valence-corrected chi connectivity index (χ3v) is 3.61. The van der Waals surface area contributed by atoms with Crippen LogP contribution in [0, 0.1) is 11.7 Å². The van der Waals surface area contributed by atoms with E-state index in [0.717, 1.165) is 12.0 Å². The smallest absolute Gasteiger partial charge is 0.229 e. The average Bonchev–Trinajstić information content (AvgIpc) is 3.22. The lowest BCUT2D eigenvalue weighted by Gasteiger charge is -2.04. The number of halogens is 2. The van der Waals surface area contributed by atoms with Gasteiger partial charge in [0.05, 0.1) is 5.02 Å². The number of carbonyl (C=O) groups excluding carboxylic acids is 1. The van der Waals surface area contributed by atoms with Gasteiger partial charge >= 0.3 is 0 Å². The second-order valence-electron chi connectivity index (χ2n) is 4.85. The molecule has 2 aromatic rings. The summed E-state index contributed by atoms with van der Waals surface area (Å²) in [4.78, 5) is 16.1. The fourth-order valence-electron chi connectivity index (χ4n) is 2.26. The molecule has 2 atom stereocenters. The molecular formula is C15H12ClFN2O. The Morgan fingerprint density at radius 2 is 2.20 bits per heavy atom. The van der Waals surface area contributed by atoms with Gasteiger partial charge in [-0.2, -0.15) is 0 Å². The molecule has 1 aliphatic rings. The Balaban J connectivity index is 1.64. The summed E-state index contributed by atoms with van der Waals surface area (Å²) in [7, 11) is 0. The molecule has 5 heteroatoms. The van der Waals surface area contributed by atoms with E-state index in [0.29, 0.717) is 10.8 Å². The summed E-state index contributed by atoms with van der Waals surface area (Å²) in [6.45, 7) is 0. The molecule has 0 radical (unpaired) electrons. The lowest BCUT2D eigenvalue weighted by molar-refractivity contribution is -0.117. The van der Waals surface area contributed by atoms with Crippen molar-refractivity contribution in [1.29, 1.82) is 0 Å². The molecule has 102 valence electrons. The Kier molecular flexibility index (Phi) is 3.40. The molecule has 1 aliphatic carbocycles. The van der Waals surface area contributed by atoms with Gasteiger partial charge in [-0.3, -0.25) is 4.79 Å². The van der Waals surface area contributed by atoms with E-state index in [1.54, 1.807) is 18.2 Å². The summed E-state index contributed by atoms with van der Waals surface area (Å²) in [5, 5.41) is 3.26. The van der Waals surface area contributed by atoms with Gasteiger partial charge in [0, 0.05) is 12.1 Å². The summed E-state index contributed by atoms with van der Waals surface area (Å²) >= 11 is 5.73. The predicted octanol–water partition coefficient (Wildman–Crippen LogP) is 3.62. The number of nitrogens with zero attached hydrogens (tertiary/aromatic N) is 1. The Labute approximate surface area is 120 Å². The molecular weight excluding hydrogens is 279 g/mol. The van der Waals surface area contributed by atoms with E-state index in [-0.39, 0.29) is 23.6 Å². The minimum Gasteiger partial charge on any atom is -0.310 e. The van der Waals surface area contributed by atoms with Gasteiger partial charge in [0.1, 0.15) is 11.6 Å². The van der Waals surface area contributed by atoms with Crippen molar-refractivity contribution in [3.05, 3.63) is 59.0 Å². The van der Waals surface area contributed by atoms with E-state index in [4.69, 9.17) is 11.6 Å². The van der Waals surface area contributed by atoms with Crippen molar-refractivity contribution in [3.8, 4) is 0 Å². The minimum absolute atomic E-state index is 0.0888. The first-order valence-electron chi connectivity index (χ1n) is 6.31. The Bertz CT molecular complexity index is 645. The van der Waals surface area contributed by atoms with E-state index in [1.807, 2.05) is 6.07 Å². The van der Waals surface area contributed by atoms with E-state index >= 15 is 0 Å². The zero-order valence-corrected chi connectivity index (χ0v) is 11.3. The molecule has 1 N–H and O–H groups in total. The van der Waals surface area contributed by atoms with Crippen LogP contribution in [0.15, 0.2) is 42.6 Å². The second-order valence-corrected chi connectivity index (χ2v) is 5.29. The third-order valence-electron chi connectivity index (χ3n) is 3.38. The van der Waals surface area contributed by atoms with E-state index < -0.39 is 0 Å². The first-order valence-corrected chi connectivity index (χ1v) is 6.69. The number of pyridine rings is 1. The van der Waals surface area contributed by atoms with Crippen LogP contribution in [0.2, 0.25) is 5.02 Å². The molecule has 1 heterocycles. The number of amides is 1. The van der Waals surface area contributed by atoms with Crippen molar-refractivity contribution in [2.24, 2.45) is 5.92 Å². The monoisotopic (exact) mass is 290 g/mol. The van der Waals surface area contributed by atoms with Gasteiger partial charge in [-0.05, 0) is 42.2 Å². The van der Waals surface area contributed by atoms with Gasteiger partial charge in [-0.15, -0.1) is 0 Å². The topological polar surface area (TPSA) is 42.0 Å². The van der Waals surface area contributed by atoms with E-state index in [1.165, 1.54) is 18.3 Å². The number of rotatable bonds is 3. The highest BCUT2D eigenvalue weighted by Gasteiger charge is 2.44. The first-order chi connectivity index (χ1) is 9.63. The maximum Gasteiger partial charge on any atom is 0.229 e. The molecule has 3 rings (SSSR count). The van der Waals surface area contributed by atoms with E-state index in [2.05, 4.69) is 10.3 Å². The number of anilines is 1. The van der Waals surface area contributed by atoms with Gasteiger partial charge in [0.2, 0.25) is 5.91 Å². The zero-order chi connectivity index (χ0) is 14.1. The van der Waals surface area contributed by atoms with Crippen molar-refractivity contribution in [2.45, 2.75) is 12.3 Å². The van der Waals surface area contributed by atoms with Crippen molar-refractivity contribution >= 4 is 23.3 Å². The van der Waals surface area contributed by atoms with Gasteiger partial charge in [0.15, 0.2) is 0 Å². The predicted molar refractivity (Wildman–Crippen MR) is 75.1 cm³/mol. The van der Waals surface area contributed by atoms with Gasteiger partial charge in [-0.1, -0.05) is 23.7 Å². The number of hydrogen-bond donors (Lipinski definition) is 1. The maximum absolute atomic E-state index is 13.1. The number of carbonyl (C=O) groups is 1. The number of hydrogen-bond acceptors (Lipinski definition) is 2. The Hall–Kier alpha value is -1.94. The summed E-state index contributed by atoms with van der Waals surface area (Å²) in [5.41, 5.74) is 0.870. The lowest BCUT2D eigenvalue weighted by Crippen LogP contribution is -2.15. The van der Waals surface area contributed by atoms with Crippen LogP contribution in [-0.2, 0) is 4.79 Å². The average molecular weight is 291 g/mol. The molecule has 0 bridgehead atoms. The number of benzene rings is 1. The van der Waals surface area contributed by atoms with Crippen LogP contribution < -0.4 is 5.32 Å². The molecule has 0 saturated heterocycles. The first kappa shape index (κ1) is 13.1. The third kappa shape index (κ3) is 2.80. The summed E-state index contributed by atoms with van der Waals surface area (Å²) in [6.07, 6.45) is 2.22. The molecule has 0 aliphatic heterocycles. The van der Waals surface area contributed by atoms with Crippen molar-refractivity contribution in [2.75, 3.05) is 5.32 Å². The Morgan fingerprint density at radius 3 is 2.90 bits per heavy atom. The highest BCUT2D eigenvalue weighted by molar-refractivity contribution is 6.30. The molecule has 1 fully saturated rings. The van der Waals surface area contributed by atoms with Crippen LogP contribution in [0.5, 0.6) is 0 Å². The summed E-state index contributed by atoms with van der Waals surface area (Å²) in [6, 6.07) is 9.72. The van der Waals surface area contributed by atoms with Crippen LogP contribution in [0.3, 0.4) is 0 Å². The second kappa shape index (κ2) is 5.21. The van der Waals surface area contributed by atoms with Crippen LogP contribution in [0.4, 0.5) is 10.2 Å². The van der Waals surface area contributed by atoms with Crippen LogP contribution in [0.1, 0.15) is 17.9 Å². The summed E-state index contributed by atoms with van der Waals surface area (Å²) in [5.74, 6) is 0.0959. The molecule has 1 aromatic carbocycles. The molecule has 3 nitrogen and oxygen atoms in total. The molecule has 1 aromatic heterocycles. The number of nitrogens with one attached hydrogen (secondary N) is 1. The molecule has 1 amide bonds. The van der Waals surface area contributed by atoms with Crippen LogP contribution in [-0.4, -0.2) is 10.9 Å². The quantitative estimate of drug-likeness (QED) is 0.938. The summed E-state index contributed by atoms with van der Waals surface area (Å²) < 4.78 is 13.1. The van der Waals surface area contributed by atoms with Crippen molar-refractivity contribution < 1.29 is 9.18 Å². The molecule has 20 heavy (non-hydrogen) atoms. The molecule has 0 spiro atoms. The standard InChI is InChI=1S/C15H12ClFN2O/c16-10-4-5-14(18-8-10)19-15(20)13-7-12(13)9-2-1-3-11(17)6-9/h1-6,8,12-13H,7H2,(H,18,19,20). The fraction of sp³-hybridized carbons (Fsp3) is 0.200. The zero-order valence-electron chi connectivity index (χ0n) is 10.5. The molecule has 2 unspecified atom stereocenters. The SMILES string of the molecule is O=C(Nc1ccc(Cl)cn1)C1CC1c1cccc(F)c1.